The van der Waals surface area contributed by atoms with Crippen molar-refractivity contribution in [3.05, 3.63) is 34.3 Å². The van der Waals surface area contributed by atoms with Gasteiger partial charge in [0.05, 0.1) is 0 Å². The lowest BCUT2D eigenvalue weighted by atomic mass is 9.92. The van der Waals surface area contributed by atoms with Crippen LogP contribution in [0.15, 0.2) is 28.7 Å². The summed E-state index contributed by atoms with van der Waals surface area (Å²) in [5.74, 6) is 0. The number of halogens is 1. The second kappa shape index (κ2) is 6.87. The summed E-state index contributed by atoms with van der Waals surface area (Å²) in [7, 11) is 0. The van der Waals surface area contributed by atoms with E-state index in [0.717, 1.165) is 10.9 Å². The van der Waals surface area contributed by atoms with E-state index in [2.05, 4.69) is 58.9 Å². The van der Waals surface area contributed by atoms with Crippen LogP contribution in [0.3, 0.4) is 0 Å². The third-order valence-electron chi connectivity index (χ3n) is 4.24. The summed E-state index contributed by atoms with van der Waals surface area (Å²) in [6.45, 7) is 5.61. The number of rotatable bonds is 4. The standard InChI is InChI=1S/C16H25BrN2/c1-3-15(13-7-9-14(17)10-8-13)19-11-5-4-6-16(19)12(2)18/h7-10,12,15-16H,3-6,11,18H2,1-2H3. The molecule has 0 aromatic heterocycles. The molecule has 0 bridgehead atoms. The molecule has 2 N–H and O–H groups in total. The smallest absolute Gasteiger partial charge is 0.0349 e. The van der Waals surface area contributed by atoms with Gasteiger partial charge in [-0.15, -0.1) is 0 Å². The lowest BCUT2D eigenvalue weighted by molar-refractivity contribution is 0.0783. The summed E-state index contributed by atoms with van der Waals surface area (Å²) in [5, 5.41) is 0. The van der Waals surface area contributed by atoms with E-state index in [1.807, 2.05) is 0 Å². The highest BCUT2D eigenvalue weighted by molar-refractivity contribution is 9.10. The largest absolute Gasteiger partial charge is 0.327 e. The van der Waals surface area contributed by atoms with Crippen molar-refractivity contribution < 1.29 is 0 Å². The molecule has 0 spiro atoms. The van der Waals surface area contributed by atoms with Gasteiger partial charge in [0, 0.05) is 22.6 Å². The zero-order valence-electron chi connectivity index (χ0n) is 12.0. The monoisotopic (exact) mass is 324 g/mol. The molecule has 1 aromatic carbocycles. The van der Waals surface area contributed by atoms with Gasteiger partial charge in [-0.05, 0) is 50.4 Å². The molecule has 2 nitrogen and oxygen atoms in total. The van der Waals surface area contributed by atoms with Gasteiger partial charge in [-0.2, -0.15) is 0 Å². The number of hydrogen-bond donors (Lipinski definition) is 1. The number of nitrogens with zero attached hydrogens (tertiary/aromatic N) is 1. The fraction of sp³-hybridized carbons (Fsp3) is 0.625. The molecule has 19 heavy (non-hydrogen) atoms. The van der Waals surface area contributed by atoms with Crippen molar-refractivity contribution in [1.29, 1.82) is 0 Å². The van der Waals surface area contributed by atoms with Crippen LogP contribution in [0.1, 0.15) is 51.1 Å². The maximum Gasteiger partial charge on any atom is 0.0349 e. The molecule has 1 aliphatic rings. The quantitative estimate of drug-likeness (QED) is 0.903. The van der Waals surface area contributed by atoms with Gasteiger partial charge in [-0.1, -0.05) is 41.4 Å². The molecule has 0 radical (unpaired) electrons. The Hall–Kier alpha value is -0.380. The molecule has 3 atom stereocenters. The van der Waals surface area contributed by atoms with Crippen molar-refractivity contribution >= 4 is 15.9 Å². The molecule has 0 saturated carbocycles. The number of piperidine rings is 1. The Balaban J connectivity index is 2.21. The van der Waals surface area contributed by atoms with E-state index in [0.29, 0.717) is 12.1 Å². The van der Waals surface area contributed by atoms with Crippen molar-refractivity contribution in [3.8, 4) is 0 Å². The van der Waals surface area contributed by atoms with Crippen LogP contribution in [0.2, 0.25) is 0 Å². The van der Waals surface area contributed by atoms with E-state index in [-0.39, 0.29) is 6.04 Å². The van der Waals surface area contributed by atoms with Crippen LogP contribution in [0, 0.1) is 0 Å². The predicted octanol–water partition coefficient (Wildman–Crippen LogP) is 4.10. The topological polar surface area (TPSA) is 29.3 Å². The van der Waals surface area contributed by atoms with E-state index in [9.17, 15) is 0 Å². The number of benzene rings is 1. The third-order valence-corrected chi connectivity index (χ3v) is 4.77. The fourth-order valence-electron chi connectivity index (χ4n) is 3.28. The first-order valence-corrected chi connectivity index (χ1v) is 8.19. The summed E-state index contributed by atoms with van der Waals surface area (Å²) in [6.07, 6.45) is 5.01. The van der Waals surface area contributed by atoms with Crippen molar-refractivity contribution in [2.75, 3.05) is 6.54 Å². The Kier molecular flexibility index (Phi) is 5.43. The second-order valence-corrected chi connectivity index (χ2v) is 6.55. The van der Waals surface area contributed by atoms with Gasteiger partial charge >= 0.3 is 0 Å². The maximum atomic E-state index is 6.20. The highest BCUT2D eigenvalue weighted by Crippen LogP contribution is 2.32. The average molecular weight is 325 g/mol. The molecular formula is C16H25BrN2. The molecule has 2 rings (SSSR count). The zero-order valence-corrected chi connectivity index (χ0v) is 13.6. The summed E-state index contributed by atoms with van der Waals surface area (Å²) in [6, 6.07) is 10.1. The molecule has 1 saturated heterocycles. The van der Waals surface area contributed by atoms with Gasteiger partial charge in [0.25, 0.3) is 0 Å². The Labute approximate surface area is 125 Å². The van der Waals surface area contributed by atoms with Gasteiger partial charge in [0.1, 0.15) is 0 Å². The van der Waals surface area contributed by atoms with Crippen molar-refractivity contribution in [3.63, 3.8) is 0 Å². The minimum atomic E-state index is 0.254. The van der Waals surface area contributed by atoms with Crippen molar-refractivity contribution in [2.24, 2.45) is 5.73 Å². The Morgan fingerprint density at radius 2 is 2.00 bits per heavy atom. The second-order valence-electron chi connectivity index (χ2n) is 5.64. The Morgan fingerprint density at radius 3 is 2.58 bits per heavy atom. The lowest BCUT2D eigenvalue weighted by Gasteiger charge is -2.43. The lowest BCUT2D eigenvalue weighted by Crippen LogP contribution is -2.50. The van der Waals surface area contributed by atoms with E-state index in [1.54, 1.807) is 0 Å². The minimum Gasteiger partial charge on any atom is -0.327 e. The number of likely N-dealkylation sites (tertiary alicyclic amines) is 1. The van der Waals surface area contributed by atoms with Gasteiger partial charge in [0.2, 0.25) is 0 Å². The highest BCUT2D eigenvalue weighted by Gasteiger charge is 2.30. The number of nitrogens with two attached hydrogens (primary N) is 1. The van der Waals surface area contributed by atoms with Gasteiger partial charge in [-0.25, -0.2) is 0 Å². The molecule has 3 unspecified atom stereocenters. The van der Waals surface area contributed by atoms with Crippen LogP contribution in [0.4, 0.5) is 0 Å². The van der Waals surface area contributed by atoms with Crippen molar-refractivity contribution in [2.45, 2.75) is 57.7 Å². The summed E-state index contributed by atoms with van der Waals surface area (Å²) < 4.78 is 1.15. The molecule has 1 fully saturated rings. The molecule has 1 aromatic rings. The van der Waals surface area contributed by atoms with Crippen LogP contribution in [-0.2, 0) is 0 Å². The van der Waals surface area contributed by atoms with Crippen molar-refractivity contribution in [1.82, 2.24) is 4.90 Å². The minimum absolute atomic E-state index is 0.254. The van der Waals surface area contributed by atoms with Gasteiger partial charge < -0.3 is 5.73 Å². The van der Waals surface area contributed by atoms with E-state index < -0.39 is 0 Å². The van der Waals surface area contributed by atoms with E-state index in [4.69, 9.17) is 5.73 Å². The molecular weight excluding hydrogens is 300 g/mol. The van der Waals surface area contributed by atoms with Crippen LogP contribution in [0.25, 0.3) is 0 Å². The average Bonchev–Trinajstić information content (AvgIpc) is 2.42. The normalized spacial score (nSPS) is 24.1. The fourth-order valence-corrected chi connectivity index (χ4v) is 3.54. The predicted molar refractivity (Wildman–Crippen MR) is 85.2 cm³/mol. The molecule has 3 heteroatoms. The van der Waals surface area contributed by atoms with E-state index in [1.165, 1.54) is 31.4 Å². The first-order chi connectivity index (χ1) is 9.13. The summed E-state index contributed by atoms with van der Waals surface area (Å²) >= 11 is 3.51. The summed E-state index contributed by atoms with van der Waals surface area (Å²) in [4.78, 5) is 2.64. The molecule has 1 heterocycles. The first-order valence-electron chi connectivity index (χ1n) is 7.40. The molecule has 0 aliphatic carbocycles. The Morgan fingerprint density at radius 1 is 1.32 bits per heavy atom. The van der Waals surface area contributed by atoms with Gasteiger partial charge in [-0.3, -0.25) is 4.90 Å². The molecule has 0 amide bonds. The van der Waals surface area contributed by atoms with Gasteiger partial charge in [0.15, 0.2) is 0 Å². The number of hydrogen-bond acceptors (Lipinski definition) is 2. The van der Waals surface area contributed by atoms with E-state index >= 15 is 0 Å². The van der Waals surface area contributed by atoms with Crippen LogP contribution >= 0.6 is 15.9 Å². The highest BCUT2D eigenvalue weighted by atomic mass is 79.9. The zero-order chi connectivity index (χ0) is 13.8. The summed E-state index contributed by atoms with van der Waals surface area (Å²) in [5.41, 5.74) is 7.62. The van der Waals surface area contributed by atoms with Crippen LogP contribution in [-0.4, -0.2) is 23.5 Å². The Bertz CT molecular complexity index is 388. The SMILES string of the molecule is CCC(c1ccc(Br)cc1)N1CCCCC1C(C)N. The van der Waals surface area contributed by atoms with Crippen LogP contribution in [0.5, 0.6) is 0 Å². The first kappa shape index (κ1) is 15.0. The maximum absolute atomic E-state index is 6.20. The third kappa shape index (κ3) is 3.59. The molecule has 106 valence electrons. The van der Waals surface area contributed by atoms with Crippen LogP contribution < -0.4 is 5.73 Å². The molecule has 1 aliphatic heterocycles.